The maximum Gasteiger partial charge on any atom is 0.254 e. The highest BCUT2D eigenvalue weighted by Gasteiger charge is 2.44. The molecule has 4 atom stereocenters. The average molecular weight is 426 g/mol. The van der Waals surface area contributed by atoms with Gasteiger partial charge in [0.1, 0.15) is 24.4 Å². The molecule has 12 heteroatoms. The molecule has 3 aromatic heterocycles. The third-order valence-electron chi connectivity index (χ3n) is 5.81. The molecule has 12 nitrogen and oxygen atoms in total. The van der Waals surface area contributed by atoms with Crippen LogP contribution in [0.2, 0.25) is 0 Å². The molecule has 0 amide bonds. The molecule has 3 aromatic rings. The highest BCUT2D eigenvalue weighted by Crippen LogP contribution is 2.33. The van der Waals surface area contributed by atoms with E-state index in [1.807, 2.05) is 6.07 Å². The first-order valence-electron chi connectivity index (χ1n) is 10.2. The van der Waals surface area contributed by atoms with Gasteiger partial charge in [0.05, 0.1) is 30.9 Å². The highest BCUT2D eigenvalue weighted by atomic mass is 16.6. The van der Waals surface area contributed by atoms with E-state index in [1.165, 1.54) is 28.0 Å². The number of aromatic nitrogens is 6. The van der Waals surface area contributed by atoms with Gasteiger partial charge >= 0.3 is 0 Å². The lowest BCUT2D eigenvalue weighted by Crippen LogP contribution is -2.33. The molecule has 4 N–H and O–H groups in total. The number of aliphatic hydroxyl groups is 3. The van der Waals surface area contributed by atoms with E-state index in [0.29, 0.717) is 22.5 Å². The lowest BCUT2D eigenvalue weighted by Gasteiger charge is -2.18. The molecule has 1 saturated carbocycles. The predicted molar refractivity (Wildman–Crippen MR) is 106 cm³/mol. The van der Waals surface area contributed by atoms with Crippen molar-refractivity contribution in [2.24, 2.45) is 0 Å². The van der Waals surface area contributed by atoms with Gasteiger partial charge in [-0.25, -0.2) is 9.67 Å². The van der Waals surface area contributed by atoms with Crippen LogP contribution < -0.4 is 5.32 Å². The zero-order valence-corrected chi connectivity index (χ0v) is 16.5. The Morgan fingerprint density at radius 1 is 1.23 bits per heavy atom. The van der Waals surface area contributed by atoms with E-state index in [1.54, 1.807) is 0 Å². The van der Waals surface area contributed by atoms with Crippen LogP contribution in [0.3, 0.4) is 0 Å². The van der Waals surface area contributed by atoms with E-state index in [2.05, 4.69) is 25.4 Å². The van der Waals surface area contributed by atoms with Gasteiger partial charge < -0.3 is 25.4 Å². The number of nitrogens with one attached hydrogen (secondary N) is 1. The molecule has 0 radical (unpaired) electrons. The molecule has 2 aliphatic rings. The second-order valence-corrected chi connectivity index (χ2v) is 7.84. The summed E-state index contributed by atoms with van der Waals surface area (Å²) in [7, 11) is 0. The first-order valence-corrected chi connectivity index (χ1v) is 10.2. The van der Waals surface area contributed by atoms with Crippen LogP contribution >= 0.6 is 0 Å². The van der Waals surface area contributed by atoms with Gasteiger partial charge in [0.2, 0.25) is 0 Å². The molecule has 1 aliphatic heterocycles. The standard InChI is InChI=1S/C19H22N8O4/c20-5-10-6-22-27(7-10)19-24-16(23-11-3-1-2-4-11)13-17(25-19)26(9-21-13)18-15(30)14(29)12(8-28)31-18/h6-7,9,11-12,14-15,18,28-30H,1-4,8H2,(H,23,24,25). The molecule has 4 heterocycles. The predicted octanol–water partition coefficient (Wildman–Crippen LogP) is -0.150. The normalized spacial score (nSPS) is 26.5. The van der Waals surface area contributed by atoms with E-state index < -0.39 is 31.1 Å². The first kappa shape index (κ1) is 19.8. The first-order chi connectivity index (χ1) is 15.1. The smallest absolute Gasteiger partial charge is 0.254 e. The van der Waals surface area contributed by atoms with Crippen LogP contribution in [-0.2, 0) is 4.74 Å². The van der Waals surface area contributed by atoms with E-state index >= 15 is 0 Å². The van der Waals surface area contributed by atoms with Crippen molar-refractivity contribution < 1.29 is 20.1 Å². The Balaban J connectivity index is 1.61. The SMILES string of the molecule is N#Cc1cnn(-c2nc(NC3CCCC3)c3ncn(C4OC(CO)C(O)C4O)c3n2)c1. The van der Waals surface area contributed by atoms with Crippen molar-refractivity contribution in [2.45, 2.75) is 56.3 Å². The molecule has 4 unspecified atom stereocenters. The Hall–Kier alpha value is -3.11. The minimum atomic E-state index is -1.27. The maximum absolute atomic E-state index is 10.5. The van der Waals surface area contributed by atoms with E-state index in [4.69, 9.17) is 10.00 Å². The Morgan fingerprint density at radius 2 is 2.03 bits per heavy atom. The van der Waals surface area contributed by atoms with Crippen molar-refractivity contribution in [3.05, 3.63) is 24.3 Å². The van der Waals surface area contributed by atoms with Gasteiger partial charge in [-0.15, -0.1) is 0 Å². The van der Waals surface area contributed by atoms with Crippen molar-refractivity contribution >= 4 is 17.0 Å². The van der Waals surface area contributed by atoms with Crippen LogP contribution in [-0.4, -0.2) is 75.6 Å². The molecule has 5 rings (SSSR count). The third kappa shape index (κ3) is 3.41. The highest BCUT2D eigenvalue weighted by molar-refractivity contribution is 5.84. The molecule has 162 valence electrons. The molecule has 2 fully saturated rings. The molecule has 1 saturated heterocycles. The zero-order chi connectivity index (χ0) is 21.5. The molecule has 0 spiro atoms. The van der Waals surface area contributed by atoms with Crippen LogP contribution in [0.1, 0.15) is 37.5 Å². The summed E-state index contributed by atoms with van der Waals surface area (Å²) in [6, 6.07) is 2.29. The van der Waals surface area contributed by atoms with Crippen molar-refractivity contribution in [3.63, 3.8) is 0 Å². The maximum atomic E-state index is 10.5. The number of aliphatic hydroxyl groups excluding tert-OH is 3. The number of imidazole rings is 1. The van der Waals surface area contributed by atoms with Crippen LogP contribution in [0, 0.1) is 11.3 Å². The molecule has 1 aliphatic carbocycles. The van der Waals surface area contributed by atoms with Crippen molar-refractivity contribution in [1.29, 1.82) is 5.26 Å². The quantitative estimate of drug-likeness (QED) is 0.431. The average Bonchev–Trinajstić information content (AvgIpc) is 3.56. The summed E-state index contributed by atoms with van der Waals surface area (Å²) in [5, 5.41) is 46.7. The molecule has 31 heavy (non-hydrogen) atoms. The summed E-state index contributed by atoms with van der Waals surface area (Å²) in [4.78, 5) is 13.6. The van der Waals surface area contributed by atoms with Crippen LogP contribution in [0.5, 0.6) is 0 Å². The van der Waals surface area contributed by atoms with Crippen LogP contribution in [0.4, 0.5) is 5.82 Å². The Bertz CT molecular complexity index is 1130. The van der Waals surface area contributed by atoms with Crippen molar-refractivity contribution in [2.75, 3.05) is 11.9 Å². The van der Waals surface area contributed by atoms with E-state index in [-0.39, 0.29) is 12.0 Å². The number of anilines is 1. The summed E-state index contributed by atoms with van der Waals surface area (Å²) >= 11 is 0. The van der Waals surface area contributed by atoms with Gasteiger partial charge in [-0.3, -0.25) is 4.57 Å². The summed E-state index contributed by atoms with van der Waals surface area (Å²) in [5.74, 6) is 0.745. The summed E-state index contributed by atoms with van der Waals surface area (Å²) < 4.78 is 8.56. The van der Waals surface area contributed by atoms with Crippen molar-refractivity contribution in [3.8, 4) is 12.0 Å². The lowest BCUT2D eigenvalue weighted by molar-refractivity contribution is -0.0511. The van der Waals surface area contributed by atoms with Crippen LogP contribution in [0.25, 0.3) is 17.1 Å². The second-order valence-electron chi connectivity index (χ2n) is 7.84. The van der Waals surface area contributed by atoms with Gasteiger partial charge in [-0.1, -0.05) is 12.8 Å². The minimum Gasteiger partial charge on any atom is -0.394 e. The molecular formula is C19H22N8O4. The fourth-order valence-corrected chi connectivity index (χ4v) is 4.16. The van der Waals surface area contributed by atoms with Gasteiger partial charge in [-0.2, -0.15) is 20.3 Å². The summed E-state index contributed by atoms with van der Waals surface area (Å²) in [5.41, 5.74) is 1.22. The van der Waals surface area contributed by atoms with E-state index in [0.717, 1.165) is 25.7 Å². The third-order valence-corrected chi connectivity index (χ3v) is 5.81. The Morgan fingerprint density at radius 3 is 2.71 bits per heavy atom. The zero-order valence-electron chi connectivity index (χ0n) is 16.5. The summed E-state index contributed by atoms with van der Waals surface area (Å²) in [6.07, 6.45) is 4.32. The largest absolute Gasteiger partial charge is 0.394 e. The molecule has 0 bridgehead atoms. The number of rotatable bonds is 5. The number of ether oxygens (including phenoxy) is 1. The topological polar surface area (TPSA) is 167 Å². The Labute approximate surface area is 176 Å². The number of nitriles is 1. The van der Waals surface area contributed by atoms with Gasteiger partial charge in [-0.05, 0) is 12.8 Å². The second kappa shape index (κ2) is 7.86. The van der Waals surface area contributed by atoms with Crippen molar-refractivity contribution in [1.82, 2.24) is 29.3 Å². The number of fused-ring (bicyclic) bond motifs is 1. The lowest BCUT2D eigenvalue weighted by atomic mass is 10.1. The Kier molecular flexibility index (Phi) is 5.03. The number of hydrogen-bond donors (Lipinski definition) is 4. The number of hydrogen-bond acceptors (Lipinski definition) is 10. The van der Waals surface area contributed by atoms with E-state index in [9.17, 15) is 15.3 Å². The molecule has 0 aromatic carbocycles. The minimum absolute atomic E-state index is 0.225. The molecular weight excluding hydrogens is 404 g/mol. The monoisotopic (exact) mass is 426 g/mol. The van der Waals surface area contributed by atoms with Crippen LogP contribution in [0.15, 0.2) is 18.7 Å². The van der Waals surface area contributed by atoms with Gasteiger partial charge in [0.15, 0.2) is 23.2 Å². The fourth-order valence-electron chi connectivity index (χ4n) is 4.16. The van der Waals surface area contributed by atoms with Gasteiger partial charge in [0.25, 0.3) is 5.95 Å². The number of nitrogens with zero attached hydrogens (tertiary/aromatic N) is 7. The van der Waals surface area contributed by atoms with Gasteiger partial charge in [0, 0.05) is 6.04 Å². The summed E-state index contributed by atoms with van der Waals surface area (Å²) in [6.45, 7) is -0.430. The fraction of sp³-hybridized carbons (Fsp3) is 0.526.